The van der Waals surface area contributed by atoms with E-state index in [1.165, 1.54) is 0 Å². The van der Waals surface area contributed by atoms with Gasteiger partial charge in [-0.15, -0.1) is 0 Å². The summed E-state index contributed by atoms with van der Waals surface area (Å²) in [5, 5.41) is 2.81. The smallest absolute Gasteiger partial charge is 0.408 e. The first kappa shape index (κ1) is 24.0. The summed E-state index contributed by atoms with van der Waals surface area (Å²) in [5.41, 5.74) is 3.11. The van der Waals surface area contributed by atoms with E-state index in [9.17, 15) is 9.59 Å². The Bertz CT molecular complexity index is 1090. The normalized spacial score (nSPS) is 26.4. The Morgan fingerprint density at radius 1 is 1.12 bits per heavy atom. The highest BCUT2D eigenvalue weighted by Crippen LogP contribution is 2.41. The lowest BCUT2D eigenvalue weighted by atomic mass is 9.85. The molecule has 0 unspecified atom stereocenters. The average molecular weight is 463 g/mol. The van der Waals surface area contributed by atoms with Crippen LogP contribution < -0.4 is 5.32 Å². The molecule has 0 aliphatic carbocycles. The molecule has 1 saturated heterocycles. The molecule has 0 saturated carbocycles. The van der Waals surface area contributed by atoms with Gasteiger partial charge in [0.25, 0.3) is 0 Å². The number of methoxy groups -OCH3 is 1. The summed E-state index contributed by atoms with van der Waals surface area (Å²) in [4.78, 5) is 28.1. The van der Waals surface area contributed by atoms with Crippen LogP contribution >= 0.6 is 0 Å². The van der Waals surface area contributed by atoms with Gasteiger partial charge in [0.15, 0.2) is 0 Å². The van der Waals surface area contributed by atoms with Crippen molar-refractivity contribution in [2.75, 3.05) is 20.3 Å². The second kappa shape index (κ2) is 9.26. The summed E-state index contributed by atoms with van der Waals surface area (Å²) < 4.78 is 11.5. The molecule has 3 atom stereocenters. The van der Waals surface area contributed by atoms with Gasteiger partial charge in [-0.2, -0.15) is 0 Å². The zero-order chi connectivity index (χ0) is 24.5. The van der Waals surface area contributed by atoms with E-state index < -0.39 is 23.2 Å². The zero-order valence-corrected chi connectivity index (χ0v) is 20.6. The quantitative estimate of drug-likeness (QED) is 0.683. The van der Waals surface area contributed by atoms with Gasteiger partial charge in [-0.05, 0) is 46.7 Å². The van der Waals surface area contributed by atoms with E-state index in [1.807, 2.05) is 62.9 Å². The summed E-state index contributed by atoms with van der Waals surface area (Å²) in [6.45, 7) is 8.38. The molecule has 1 N–H and O–H groups in total. The maximum atomic E-state index is 13.7. The minimum absolute atomic E-state index is 0.0481. The molecule has 34 heavy (non-hydrogen) atoms. The first-order valence-corrected chi connectivity index (χ1v) is 11.8. The largest absolute Gasteiger partial charge is 0.445 e. The molecule has 4 bridgehead atoms. The molecule has 1 fully saturated rings. The summed E-state index contributed by atoms with van der Waals surface area (Å²) in [5.74, 6) is -0.121. The van der Waals surface area contributed by atoms with E-state index in [-0.39, 0.29) is 18.6 Å². The van der Waals surface area contributed by atoms with Crippen LogP contribution in [0.2, 0.25) is 0 Å². The molecule has 4 rings (SSSR count). The number of cyclic esters (lactones) is 1. The molecule has 6 heteroatoms. The monoisotopic (exact) mass is 462 g/mol. The number of carbonyl (C=O) groups is 2. The molecule has 0 spiro atoms. The van der Waals surface area contributed by atoms with E-state index >= 15 is 0 Å². The molecular weight excluding hydrogens is 428 g/mol. The van der Waals surface area contributed by atoms with Crippen molar-refractivity contribution < 1.29 is 19.1 Å². The Morgan fingerprint density at radius 2 is 1.85 bits per heavy atom. The minimum Gasteiger partial charge on any atom is -0.445 e. The van der Waals surface area contributed by atoms with Crippen LogP contribution in [0.3, 0.4) is 0 Å². The fourth-order valence-electron chi connectivity index (χ4n) is 4.99. The van der Waals surface area contributed by atoms with Crippen molar-refractivity contribution in [3.05, 3.63) is 65.7 Å². The van der Waals surface area contributed by atoms with Gasteiger partial charge in [-0.1, -0.05) is 69.3 Å². The second-order valence-electron chi connectivity index (χ2n) is 10.3. The third kappa shape index (κ3) is 4.60. The van der Waals surface area contributed by atoms with Crippen LogP contribution in [0.15, 0.2) is 54.6 Å². The molecule has 2 aromatic carbocycles. The Labute approximate surface area is 201 Å². The Hall–Kier alpha value is -3.12. The van der Waals surface area contributed by atoms with Gasteiger partial charge in [-0.25, -0.2) is 4.79 Å². The van der Waals surface area contributed by atoms with Crippen LogP contribution in [-0.4, -0.2) is 49.2 Å². The van der Waals surface area contributed by atoms with Gasteiger partial charge in [0.1, 0.15) is 18.2 Å². The zero-order valence-electron chi connectivity index (χ0n) is 20.6. The van der Waals surface area contributed by atoms with Gasteiger partial charge in [0.2, 0.25) is 5.91 Å². The maximum Gasteiger partial charge on any atom is 0.408 e. The molecular formula is C28H34N2O4. The van der Waals surface area contributed by atoms with Crippen molar-refractivity contribution in [1.82, 2.24) is 10.2 Å². The van der Waals surface area contributed by atoms with Crippen molar-refractivity contribution in [2.24, 2.45) is 5.41 Å². The fraction of sp³-hybridized carbons (Fsp3) is 0.429. The van der Waals surface area contributed by atoms with E-state index in [4.69, 9.17) is 9.47 Å². The SMILES string of the molecule is CO[C@@]12C[C@@H](C)N(C1)C(=O)[C@H](C(C)(C)C)NC(=O)OC/C=C\c1cc2ccc1-c1ccccc1. The van der Waals surface area contributed by atoms with Gasteiger partial charge in [0.05, 0.1) is 6.54 Å². The summed E-state index contributed by atoms with van der Waals surface area (Å²) >= 11 is 0. The Balaban J connectivity index is 1.82. The maximum absolute atomic E-state index is 13.7. The summed E-state index contributed by atoms with van der Waals surface area (Å²) in [7, 11) is 1.71. The molecule has 2 aliphatic heterocycles. The van der Waals surface area contributed by atoms with E-state index in [0.717, 1.165) is 22.3 Å². The highest BCUT2D eigenvalue weighted by Gasteiger charge is 2.48. The highest BCUT2D eigenvalue weighted by atomic mass is 16.5. The van der Waals surface area contributed by atoms with Crippen LogP contribution in [0.5, 0.6) is 0 Å². The number of rotatable bonds is 2. The van der Waals surface area contributed by atoms with Crippen LogP contribution in [0.1, 0.15) is 45.2 Å². The number of fused-ring (bicyclic) bond motifs is 5. The molecule has 0 radical (unpaired) electrons. The van der Waals surface area contributed by atoms with Crippen molar-refractivity contribution in [2.45, 2.75) is 51.8 Å². The van der Waals surface area contributed by atoms with Gasteiger partial charge < -0.3 is 19.7 Å². The van der Waals surface area contributed by atoms with E-state index in [1.54, 1.807) is 7.11 Å². The van der Waals surface area contributed by atoms with Gasteiger partial charge in [-0.3, -0.25) is 4.79 Å². The predicted octanol–water partition coefficient (Wildman–Crippen LogP) is 4.98. The number of hydrogen-bond acceptors (Lipinski definition) is 4. The Kier molecular flexibility index (Phi) is 6.54. The molecule has 6 nitrogen and oxygen atoms in total. The summed E-state index contributed by atoms with van der Waals surface area (Å²) in [6, 6.07) is 15.8. The topological polar surface area (TPSA) is 67.9 Å². The van der Waals surface area contributed by atoms with Crippen LogP contribution in [0.25, 0.3) is 17.2 Å². The third-order valence-electron chi connectivity index (χ3n) is 6.90. The van der Waals surface area contributed by atoms with Crippen molar-refractivity contribution in [3.63, 3.8) is 0 Å². The lowest BCUT2D eigenvalue weighted by molar-refractivity contribution is -0.137. The first-order valence-electron chi connectivity index (χ1n) is 11.8. The number of nitrogens with one attached hydrogen (secondary N) is 1. The van der Waals surface area contributed by atoms with E-state index in [0.29, 0.717) is 13.0 Å². The molecule has 2 heterocycles. The third-order valence-corrected chi connectivity index (χ3v) is 6.90. The molecule has 2 aliphatic rings. The number of benzene rings is 2. The lowest BCUT2D eigenvalue weighted by Crippen LogP contribution is -2.56. The van der Waals surface area contributed by atoms with Gasteiger partial charge >= 0.3 is 6.09 Å². The number of hydrogen-bond donors (Lipinski definition) is 1. The second-order valence-corrected chi connectivity index (χ2v) is 10.3. The van der Waals surface area contributed by atoms with Crippen molar-refractivity contribution >= 4 is 18.1 Å². The van der Waals surface area contributed by atoms with Gasteiger partial charge in [0, 0.05) is 19.6 Å². The van der Waals surface area contributed by atoms with Crippen molar-refractivity contribution in [1.29, 1.82) is 0 Å². The van der Waals surface area contributed by atoms with E-state index in [2.05, 4.69) is 35.6 Å². The predicted molar refractivity (Wildman–Crippen MR) is 133 cm³/mol. The van der Waals surface area contributed by atoms with Crippen LogP contribution in [0.4, 0.5) is 4.79 Å². The Morgan fingerprint density at radius 3 is 2.53 bits per heavy atom. The number of nitrogens with zero attached hydrogens (tertiary/aromatic N) is 1. The first-order chi connectivity index (χ1) is 16.1. The number of amides is 2. The standard InChI is InChI=1S/C28H34N2O4/c1-19-17-28(33-5)18-30(19)25(31)24(27(2,3)4)29-26(32)34-15-9-12-21-16-22(28)13-14-23(21)20-10-7-6-8-11-20/h6-14,16,19,24H,15,17-18H2,1-5H3,(H,29,32)/b12-9-/t19-,24-,28+/m1/s1. The molecule has 180 valence electrons. The number of alkyl carbamates (subject to hydrolysis) is 1. The number of carbonyl (C=O) groups excluding carboxylic acids is 2. The van der Waals surface area contributed by atoms with Crippen molar-refractivity contribution in [3.8, 4) is 11.1 Å². The molecule has 2 aromatic rings. The lowest BCUT2D eigenvalue weighted by Gasteiger charge is -2.35. The number of ether oxygens (including phenoxy) is 2. The molecule has 2 amide bonds. The summed E-state index contributed by atoms with van der Waals surface area (Å²) in [6.07, 6.45) is 3.88. The average Bonchev–Trinajstić information content (AvgIpc) is 3.17. The fourth-order valence-corrected chi connectivity index (χ4v) is 4.99. The molecule has 0 aromatic heterocycles. The minimum atomic E-state index is -0.710. The van der Waals surface area contributed by atoms with Crippen LogP contribution in [-0.2, 0) is 19.9 Å². The van der Waals surface area contributed by atoms with Crippen LogP contribution in [0, 0.1) is 5.41 Å². The highest BCUT2D eigenvalue weighted by molar-refractivity contribution is 5.87.